The fourth-order valence-electron chi connectivity index (χ4n) is 1.59. The van der Waals surface area contributed by atoms with Crippen molar-refractivity contribution in [2.75, 3.05) is 12.5 Å². The molecule has 2 atom stereocenters. The van der Waals surface area contributed by atoms with Gasteiger partial charge in [0.25, 0.3) is 0 Å². The average molecular weight is 213 g/mol. The van der Waals surface area contributed by atoms with Crippen LogP contribution in [0.5, 0.6) is 0 Å². The molecule has 0 amide bonds. The van der Waals surface area contributed by atoms with Crippen LogP contribution >= 0.6 is 11.6 Å². The van der Waals surface area contributed by atoms with Crippen LogP contribution in [0, 0.1) is 0 Å². The highest BCUT2D eigenvalue weighted by molar-refractivity contribution is 6.18. The van der Waals surface area contributed by atoms with Crippen molar-refractivity contribution in [3.63, 3.8) is 0 Å². The maximum Gasteiger partial charge on any atom is 0.171 e. The van der Waals surface area contributed by atoms with E-state index in [9.17, 15) is 0 Å². The molecule has 1 heterocycles. The van der Waals surface area contributed by atoms with E-state index in [-0.39, 0.29) is 12.4 Å². The lowest BCUT2D eigenvalue weighted by molar-refractivity contribution is -0.202. The van der Waals surface area contributed by atoms with Crippen LogP contribution in [-0.4, -0.2) is 18.8 Å². The molecule has 2 nitrogen and oxygen atoms in total. The molecule has 0 aromatic heterocycles. The van der Waals surface area contributed by atoms with Crippen molar-refractivity contribution in [1.82, 2.24) is 0 Å². The summed E-state index contributed by atoms with van der Waals surface area (Å²) in [5.41, 5.74) is 1.20. The Morgan fingerprint density at radius 1 is 1.29 bits per heavy atom. The molecule has 14 heavy (non-hydrogen) atoms. The van der Waals surface area contributed by atoms with Gasteiger partial charge in [-0.1, -0.05) is 30.3 Å². The Morgan fingerprint density at radius 2 is 2.07 bits per heavy atom. The van der Waals surface area contributed by atoms with E-state index >= 15 is 0 Å². The van der Waals surface area contributed by atoms with Gasteiger partial charge in [0, 0.05) is 6.42 Å². The summed E-state index contributed by atoms with van der Waals surface area (Å²) < 4.78 is 11.0. The lowest BCUT2D eigenvalue weighted by Gasteiger charge is -2.29. The van der Waals surface area contributed by atoms with Crippen LogP contribution in [0.25, 0.3) is 0 Å². The number of alkyl halides is 1. The van der Waals surface area contributed by atoms with Crippen molar-refractivity contribution in [1.29, 1.82) is 0 Å². The second kappa shape index (κ2) is 4.78. The van der Waals surface area contributed by atoms with Gasteiger partial charge in [-0.15, -0.1) is 11.6 Å². The summed E-state index contributed by atoms with van der Waals surface area (Å²) >= 11 is 5.68. The smallest absolute Gasteiger partial charge is 0.171 e. The van der Waals surface area contributed by atoms with Gasteiger partial charge in [-0.3, -0.25) is 0 Å². The fourth-order valence-corrected chi connectivity index (χ4v) is 1.75. The van der Waals surface area contributed by atoms with Crippen LogP contribution in [0.15, 0.2) is 30.3 Å². The van der Waals surface area contributed by atoms with E-state index in [2.05, 4.69) is 12.1 Å². The number of halogens is 1. The Balaban J connectivity index is 2.04. The number of ether oxygens (including phenoxy) is 2. The van der Waals surface area contributed by atoms with Crippen LogP contribution in [0.4, 0.5) is 0 Å². The quantitative estimate of drug-likeness (QED) is 0.702. The van der Waals surface area contributed by atoms with E-state index in [1.54, 1.807) is 0 Å². The van der Waals surface area contributed by atoms with Crippen LogP contribution in [0.3, 0.4) is 0 Å². The molecule has 1 fully saturated rings. The number of hydrogen-bond acceptors (Lipinski definition) is 2. The zero-order valence-corrected chi connectivity index (χ0v) is 8.61. The molecule has 3 heteroatoms. The molecule has 2 rings (SSSR count). The van der Waals surface area contributed by atoms with Gasteiger partial charge in [-0.25, -0.2) is 0 Å². The SMILES string of the molecule is ClC[C@@H]1OCC[C@@H](c2ccccc2)O1. The van der Waals surface area contributed by atoms with Crippen molar-refractivity contribution in [3.8, 4) is 0 Å². The fraction of sp³-hybridized carbons (Fsp3) is 0.455. The highest BCUT2D eigenvalue weighted by Gasteiger charge is 2.22. The van der Waals surface area contributed by atoms with E-state index in [1.165, 1.54) is 5.56 Å². The first-order valence-corrected chi connectivity index (χ1v) is 5.31. The summed E-state index contributed by atoms with van der Waals surface area (Å²) in [6.45, 7) is 0.719. The highest BCUT2D eigenvalue weighted by Crippen LogP contribution is 2.27. The molecule has 1 aliphatic rings. The molecule has 0 radical (unpaired) electrons. The molecular formula is C11H13ClO2. The monoisotopic (exact) mass is 212 g/mol. The first kappa shape index (κ1) is 9.97. The van der Waals surface area contributed by atoms with Gasteiger partial charge in [0.05, 0.1) is 18.6 Å². The topological polar surface area (TPSA) is 18.5 Å². The molecule has 0 aliphatic carbocycles. The van der Waals surface area contributed by atoms with Gasteiger partial charge < -0.3 is 9.47 Å². The molecule has 0 bridgehead atoms. The molecule has 76 valence electrons. The van der Waals surface area contributed by atoms with Crippen molar-refractivity contribution in [2.24, 2.45) is 0 Å². The predicted octanol–water partition coefficient (Wildman–Crippen LogP) is 2.73. The molecule has 0 spiro atoms. The first-order chi connectivity index (χ1) is 6.90. The Hall–Kier alpha value is -0.570. The maximum absolute atomic E-state index is 5.68. The van der Waals surface area contributed by atoms with Crippen molar-refractivity contribution >= 4 is 11.6 Å². The summed E-state index contributed by atoms with van der Waals surface area (Å²) in [5.74, 6) is 0.392. The van der Waals surface area contributed by atoms with Crippen LogP contribution in [0.1, 0.15) is 18.1 Å². The van der Waals surface area contributed by atoms with Crippen molar-refractivity contribution in [2.45, 2.75) is 18.8 Å². The zero-order valence-electron chi connectivity index (χ0n) is 7.86. The third-order valence-electron chi connectivity index (χ3n) is 2.30. The summed E-state index contributed by atoms with van der Waals surface area (Å²) in [6.07, 6.45) is 0.779. The van der Waals surface area contributed by atoms with Gasteiger partial charge >= 0.3 is 0 Å². The summed E-state index contributed by atoms with van der Waals surface area (Å²) in [5, 5.41) is 0. The molecule has 1 aromatic carbocycles. The van der Waals surface area contributed by atoms with Crippen LogP contribution in [-0.2, 0) is 9.47 Å². The van der Waals surface area contributed by atoms with Crippen molar-refractivity contribution in [3.05, 3.63) is 35.9 Å². The molecule has 1 aromatic rings. The van der Waals surface area contributed by atoms with Gasteiger partial charge in [0.15, 0.2) is 6.29 Å². The molecule has 0 N–H and O–H groups in total. The predicted molar refractivity (Wildman–Crippen MR) is 55.3 cm³/mol. The van der Waals surface area contributed by atoms with Gasteiger partial charge in [0.1, 0.15) is 0 Å². The van der Waals surface area contributed by atoms with Crippen LogP contribution in [0.2, 0.25) is 0 Å². The first-order valence-electron chi connectivity index (χ1n) is 4.78. The second-order valence-corrected chi connectivity index (χ2v) is 3.59. The van der Waals surface area contributed by atoms with E-state index in [0.29, 0.717) is 5.88 Å². The Bertz CT molecular complexity index is 276. The third-order valence-corrected chi connectivity index (χ3v) is 2.55. The standard InChI is InChI=1S/C11H13ClO2/c12-8-11-13-7-6-10(14-11)9-4-2-1-3-5-9/h1-5,10-11H,6-8H2/t10-,11+/m0/s1. The highest BCUT2D eigenvalue weighted by atomic mass is 35.5. The Labute approximate surface area is 88.8 Å². The minimum atomic E-state index is -0.254. The molecule has 1 aliphatic heterocycles. The maximum atomic E-state index is 5.68. The van der Waals surface area contributed by atoms with E-state index in [0.717, 1.165) is 13.0 Å². The summed E-state index contributed by atoms with van der Waals surface area (Å²) in [4.78, 5) is 0. The number of rotatable bonds is 2. The summed E-state index contributed by atoms with van der Waals surface area (Å²) in [6, 6.07) is 10.2. The lowest BCUT2D eigenvalue weighted by Crippen LogP contribution is -2.28. The second-order valence-electron chi connectivity index (χ2n) is 3.28. The molecule has 0 unspecified atom stereocenters. The van der Waals surface area contributed by atoms with E-state index in [1.807, 2.05) is 18.2 Å². The molecule has 0 saturated carbocycles. The molecular weight excluding hydrogens is 200 g/mol. The van der Waals surface area contributed by atoms with Gasteiger partial charge in [0.2, 0.25) is 0 Å². The van der Waals surface area contributed by atoms with E-state index < -0.39 is 0 Å². The third kappa shape index (κ3) is 2.27. The van der Waals surface area contributed by atoms with E-state index in [4.69, 9.17) is 21.1 Å². The van der Waals surface area contributed by atoms with Crippen LogP contribution < -0.4 is 0 Å². The Kier molecular flexibility index (Phi) is 3.40. The van der Waals surface area contributed by atoms with Gasteiger partial charge in [-0.05, 0) is 5.56 Å². The van der Waals surface area contributed by atoms with Gasteiger partial charge in [-0.2, -0.15) is 0 Å². The zero-order chi connectivity index (χ0) is 9.80. The average Bonchev–Trinajstić information content (AvgIpc) is 2.30. The summed E-state index contributed by atoms with van der Waals surface area (Å²) in [7, 11) is 0. The molecule has 1 saturated heterocycles. The lowest BCUT2D eigenvalue weighted by atomic mass is 10.1. The normalized spacial score (nSPS) is 27.5. The largest absolute Gasteiger partial charge is 0.351 e. The Morgan fingerprint density at radius 3 is 2.79 bits per heavy atom. The number of benzene rings is 1. The minimum Gasteiger partial charge on any atom is -0.351 e. The minimum absolute atomic E-state index is 0.133. The number of hydrogen-bond donors (Lipinski definition) is 0. The van der Waals surface area contributed by atoms with Crippen molar-refractivity contribution < 1.29 is 9.47 Å².